The monoisotopic (exact) mass is 235 g/mol. The Morgan fingerprint density at radius 1 is 1.00 bits per heavy atom. The molecule has 0 radical (unpaired) electrons. The molecule has 4 aromatic rings. The molecule has 0 saturated carbocycles. The Morgan fingerprint density at radius 3 is 2.72 bits per heavy atom. The van der Waals surface area contributed by atoms with Crippen LogP contribution in [0.1, 0.15) is 0 Å². The zero-order valence-electron chi connectivity index (χ0n) is 9.42. The Labute approximate surface area is 102 Å². The maximum absolute atomic E-state index is 12.5. The van der Waals surface area contributed by atoms with Crippen molar-refractivity contribution in [1.29, 1.82) is 0 Å². The summed E-state index contributed by atoms with van der Waals surface area (Å²) in [5.41, 5.74) is 2.45. The number of para-hydroxylation sites is 3. The minimum absolute atomic E-state index is 0.0342. The lowest BCUT2D eigenvalue weighted by atomic mass is 10.2. The molecular formula is C14H9N3O. The molecule has 4 rings (SSSR count). The quantitative estimate of drug-likeness (QED) is 0.508. The molecule has 0 amide bonds. The fourth-order valence-corrected chi connectivity index (χ4v) is 2.33. The van der Waals surface area contributed by atoms with Crippen molar-refractivity contribution in [2.24, 2.45) is 0 Å². The second-order valence-corrected chi connectivity index (χ2v) is 4.24. The lowest BCUT2D eigenvalue weighted by Gasteiger charge is -1.98. The molecule has 2 aromatic carbocycles. The maximum Gasteiger partial charge on any atom is 0.267 e. The normalized spacial score (nSPS) is 11.6. The molecule has 2 aromatic heterocycles. The Hall–Kier alpha value is -2.62. The fourth-order valence-electron chi connectivity index (χ4n) is 2.33. The van der Waals surface area contributed by atoms with E-state index < -0.39 is 0 Å². The van der Waals surface area contributed by atoms with Gasteiger partial charge in [-0.25, -0.2) is 9.38 Å². The predicted octanol–water partition coefficient (Wildman–Crippen LogP) is 2.33. The highest BCUT2D eigenvalue weighted by molar-refractivity contribution is 5.85. The minimum atomic E-state index is -0.0342. The molecule has 0 spiro atoms. The maximum atomic E-state index is 12.5. The molecule has 18 heavy (non-hydrogen) atoms. The number of imidazole rings is 1. The SMILES string of the molecule is O=c1c2ccccc2nc2[nH]c3ccccc3n12. The van der Waals surface area contributed by atoms with Gasteiger partial charge < -0.3 is 4.98 Å². The molecule has 4 heteroatoms. The van der Waals surface area contributed by atoms with E-state index in [1.54, 1.807) is 10.5 Å². The van der Waals surface area contributed by atoms with E-state index in [1.165, 1.54) is 0 Å². The van der Waals surface area contributed by atoms with Gasteiger partial charge in [0, 0.05) is 0 Å². The molecule has 2 heterocycles. The van der Waals surface area contributed by atoms with Crippen molar-refractivity contribution in [3.05, 3.63) is 58.9 Å². The van der Waals surface area contributed by atoms with Gasteiger partial charge in [-0.2, -0.15) is 0 Å². The van der Waals surface area contributed by atoms with Crippen LogP contribution in [0.15, 0.2) is 53.3 Å². The summed E-state index contributed by atoms with van der Waals surface area (Å²) in [6.45, 7) is 0. The summed E-state index contributed by atoms with van der Waals surface area (Å²) in [5, 5.41) is 0.639. The van der Waals surface area contributed by atoms with Crippen molar-refractivity contribution in [3.8, 4) is 0 Å². The molecule has 0 unspecified atom stereocenters. The first-order valence-corrected chi connectivity index (χ1v) is 5.73. The van der Waals surface area contributed by atoms with Crippen LogP contribution in [0, 0.1) is 0 Å². The summed E-state index contributed by atoms with van der Waals surface area (Å²) < 4.78 is 1.62. The molecule has 0 aliphatic heterocycles. The summed E-state index contributed by atoms with van der Waals surface area (Å²) in [5.74, 6) is 0.583. The van der Waals surface area contributed by atoms with Crippen LogP contribution < -0.4 is 5.56 Å². The van der Waals surface area contributed by atoms with Gasteiger partial charge in [-0.15, -0.1) is 0 Å². The first-order chi connectivity index (χ1) is 8.84. The van der Waals surface area contributed by atoms with E-state index in [1.807, 2.05) is 42.5 Å². The summed E-state index contributed by atoms with van der Waals surface area (Å²) in [6, 6.07) is 15.1. The number of nitrogens with zero attached hydrogens (tertiary/aromatic N) is 2. The Morgan fingerprint density at radius 2 is 1.78 bits per heavy atom. The highest BCUT2D eigenvalue weighted by Gasteiger charge is 2.09. The van der Waals surface area contributed by atoms with Gasteiger partial charge in [-0.1, -0.05) is 24.3 Å². The van der Waals surface area contributed by atoms with Gasteiger partial charge in [-0.05, 0) is 24.3 Å². The van der Waals surface area contributed by atoms with E-state index in [9.17, 15) is 4.79 Å². The average molecular weight is 235 g/mol. The van der Waals surface area contributed by atoms with Crippen LogP contribution in [0.3, 0.4) is 0 Å². The van der Waals surface area contributed by atoms with Gasteiger partial charge in [0.1, 0.15) is 0 Å². The molecule has 0 atom stereocenters. The Balaban J connectivity index is 2.39. The first-order valence-electron chi connectivity index (χ1n) is 5.73. The molecule has 0 aliphatic rings. The molecule has 0 bridgehead atoms. The number of benzene rings is 2. The Kier molecular flexibility index (Phi) is 1.67. The van der Waals surface area contributed by atoms with E-state index >= 15 is 0 Å². The summed E-state index contributed by atoms with van der Waals surface area (Å²) in [7, 11) is 0. The van der Waals surface area contributed by atoms with Crippen LogP contribution in [-0.4, -0.2) is 14.4 Å². The lowest BCUT2D eigenvalue weighted by Crippen LogP contribution is -2.13. The Bertz CT molecular complexity index is 949. The molecular weight excluding hydrogens is 226 g/mol. The number of rotatable bonds is 0. The summed E-state index contributed by atoms with van der Waals surface area (Å²) in [6.07, 6.45) is 0. The average Bonchev–Trinajstić information content (AvgIpc) is 2.77. The number of fused-ring (bicyclic) bond motifs is 4. The van der Waals surface area contributed by atoms with Crippen molar-refractivity contribution < 1.29 is 0 Å². The van der Waals surface area contributed by atoms with Gasteiger partial charge in [0.05, 0.1) is 21.9 Å². The van der Waals surface area contributed by atoms with Gasteiger partial charge in [-0.3, -0.25) is 4.79 Å². The zero-order chi connectivity index (χ0) is 12.1. The van der Waals surface area contributed by atoms with Gasteiger partial charge >= 0.3 is 0 Å². The van der Waals surface area contributed by atoms with Crippen molar-refractivity contribution in [1.82, 2.24) is 14.4 Å². The summed E-state index contributed by atoms with van der Waals surface area (Å²) >= 11 is 0. The van der Waals surface area contributed by atoms with Gasteiger partial charge in [0.15, 0.2) is 0 Å². The number of hydrogen-bond donors (Lipinski definition) is 1. The van der Waals surface area contributed by atoms with Gasteiger partial charge in [0.2, 0.25) is 5.78 Å². The van der Waals surface area contributed by atoms with Crippen molar-refractivity contribution >= 4 is 27.7 Å². The summed E-state index contributed by atoms with van der Waals surface area (Å²) in [4.78, 5) is 20.1. The molecule has 1 N–H and O–H groups in total. The molecule has 0 aliphatic carbocycles. The van der Waals surface area contributed by atoms with Crippen molar-refractivity contribution in [2.75, 3.05) is 0 Å². The van der Waals surface area contributed by atoms with E-state index in [4.69, 9.17) is 0 Å². The van der Waals surface area contributed by atoms with E-state index in [0.29, 0.717) is 16.7 Å². The highest BCUT2D eigenvalue weighted by atomic mass is 16.1. The van der Waals surface area contributed by atoms with Crippen LogP contribution in [0.25, 0.3) is 27.7 Å². The number of hydrogen-bond acceptors (Lipinski definition) is 2. The van der Waals surface area contributed by atoms with Crippen LogP contribution in [0.5, 0.6) is 0 Å². The zero-order valence-corrected chi connectivity index (χ0v) is 9.42. The second-order valence-electron chi connectivity index (χ2n) is 4.24. The van der Waals surface area contributed by atoms with Crippen LogP contribution in [0.4, 0.5) is 0 Å². The van der Waals surface area contributed by atoms with Crippen LogP contribution in [0.2, 0.25) is 0 Å². The van der Waals surface area contributed by atoms with Gasteiger partial charge in [0.25, 0.3) is 5.56 Å². The predicted molar refractivity (Wildman–Crippen MR) is 70.8 cm³/mol. The molecule has 86 valence electrons. The fraction of sp³-hybridized carbons (Fsp3) is 0. The van der Waals surface area contributed by atoms with E-state index in [-0.39, 0.29) is 5.56 Å². The highest BCUT2D eigenvalue weighted by Crippen LogP contribution is 2.15. The smallest absolute Gasteiger partial charge is 0.267 e. The third-order valence-electron chi connectivity index (χ3n) is 3.17. The standard InChI is InChI=1S/C14H9N3O/c18-13-9-5-1-2-6-10(9)15-14-16-11-7-3-4-8-12(11)17(13)14/h1-8H,(H,15,16). The number of nitrogens with one attached hydrogen (secondary N) is 1. The first kappa shape index (κ1) is 9.41. The van der Waals surface area contributed by atoms with Crippen molar-refractivity contribution in [2.45, 2.75) is 0 Å². The van der Waals surface area contributed by atoms with E-state index in [2.05, 4.69) is 9.97 Å². The molecule has 4 nitrogen and oxygen atoms in total. The third kappa shape index (κ3) is 1.09. The van der Waals surface area contributed by atoms with Crippen LogP contribution >= 0.6 is 0 Å². The molecule has 0 fully saturated rings. The third-order valence-corrected chi connectivity index (χ3v) is 3.17. The van der Waals surface area contributed by atoms with Crippen molar-refractivity contribution in [3.63, 3.8) is 0 Å². The van der Waals surface area contributed by atoms with E-state index in [0.717, 1.165) is 11.0 Å². The topological polar surface area (TPSA) is 50.2 Å². The number of aromatic nitrogens is 3. The van der Waals surface area contributed by atoms with Crippen LogP contribution in [-0.2, 0) is 0 Å². The minimum Gasteiger partial charge on any atom is -0.323 e. The number of H-pyrrole nitrogens is 1. The lowest BCUT2D eigenvalue weighted by molar-refractivity contribution is 1.12. The number of aromatic amines is 1. The second kappa shape index (κ2) is 3.20. The molecule has 0 saturated heterocycles. The largest absolute Gasteiger partial charge is 0.323 e.